The smallest absolute Gasteiger partial charge is 0.253 e. The molecule has 0 radical (unpaired) electrons. The van der Waals surface area contributed by atoms with Gasteiger partial charge in [-0.15, -0.1) is 0 Å². The Balaban J connectivity index is 1.53. The minimum Gasteiger partial charge on any atom is -0.341 e. The van der Waals surface area contributed by atoms with Crippen molar-refractivity contribution in [3.63, 3.8) is 0 Å². The number of likely N-dealkylation sites (N-methyl/N-ethyl adjacent to an activating group) is 1. The molecule has 6 heteroatoms. The van der Waals surface area contributed by atoms with Crippen LogP contribution in [0.25, 0.3) is 0 Å². The molecule has 2 heterocycles. The second kappa shape index (κ2) is 8.32. The summed E-state index contributed by atoms with van der Waals surface area (Å²) in [5.74, 6) is 0.415. The summed E-state index contributed by atoms with van der Waals surface area (Å²) >= 11 is 3.39. The molecule has 3 rings (SSSR count). The van der Waals surface area contributed by atoms with E-state index in [0.29, 0.717) is 18.7 Å². The monoisotopic (exact) mass is 407 g/mol. The normalized spacial score (nSPS) is 20.4. The van der Waals surface area contributed by atoms with Gasteiger partial charge in [-0.2, -0.15) is 0 Å². The third-order valence-electron chi connectivity index (χ3n) is 5.25. The fraction of sp³-hybridized carbons (Fsp3) is 0.579. The topological polar surface area (TPSA) is 43.9 Å². The van der Waals surface area contributed by atoms with Crippen LogP contribution >= 0.6 is 15.9 Å². The van der Waals surface area contributed by atoms with Crippen molar-refractivity contribution in [2.45, 2.75) is 19.3 Å². The van der Waals surface area contributed by atoms with E-state index in [2.05, 4.69) is 27.9 Å². The number of carbonyl (C=O) groups excluding carboxylic acids is 2. The maximum atomic E-state index is 12.8. The minimum atomic E-state index is 0.0646. The molecule has 0 aromatic heterocycles. The average Bonchev–Trinajstić information content (AvgIpc) is 2.86. The average molecular weight is 408 g/mol. The van der Waals surface area contributed by atoms with Crippen molar-refractivity contribution in [2.24, 2.45) is 5.92 Å². The van der Waals surface area contributed by atoms with Crippen molar-refractivity contribution in [3.8, 4) is 0 Å². The second-order valence-electron chi connectivity index (χ2n) is 7.06. The highest BCUT2D eigenvalue weighted by Crippen LogP contribution is 2.22. The number of nitrogens with zero attached hydrogens (tertiary/aromatic N) is 3. The van der Waals surface area contributed by atoms with Crippen LogP contribution in [-0.4, -0.2) is 72.8 Å². The van der Waals surface area contributed by atoms with Crippen LogP contribution in [0.4, 0.5) is 0 Å². The van der Waals surface area contributed by atoms with Gasteiger partial charge < -0.3 is 14.7 Å². The lowest BCUT2D eigenvalue weighted by atomic mass is 9.94. The number of hydrogen-bond acceptors (Lipinski definition) is 3. The number of rotatable bonds is 2. The van der Waals surface area contributed by atoms with E-state index < -0.39 is 0 Å². The number of amides is 2. The van der Waals surface area contributed by atoms with Crippen LogP contribution in [0.5, 0.6) is 0 Å². The molecule has 136 valence electrons. The molecular weight excluding hydrogens is 382 g/mol. The largest absolute Gasteiger partial charge is 0.341 e. The van der Waals surface area contributed by atoms with Crippen molar-refractivity contribution >= 4 is 27.7 Å². The molecule has 2 saturated heterocycles. The molecule has 0 unspecified atom stereocenters. The molecule has 5 nitrogen and oxygen atoms in total. The summed E-state index contributed by atoms with van der Waals surface area (Å²) < 4.78 is 0.969. The fourth-order valence-electron chi connectivity index (χ4n) is 3.63. The van der Waals surface area contributed by atoms with Crippen molar-refractivity contribution in [1.29, 1.82) is 0 Å². The fourth-order valence-corrected chi connectivity index (χ4v) is 3.89. The van der Waals surface area contributed by atoms with Gasteiger partial charge in [-0.1, -0.05) is 15.9 Å². The Kier molecular flexibility index (Phi) is 6.12. The van der Waals surface area contributed by atoms with Crippen LogP contribution in [-0.2, 0) is 4.79 Å². The van der Waals surface area contributed by atoms with E-state index in [1.165, 1.54) is 0 Å². The van der Waals surface area contributed by atoms with Crippen LogP contribution in [0.2, 0.25) is 0 Å². The lowest BCUT2D eigenvalue weighted by molar-refractivity contribution is -0.136. The molecule has 0 saturated carbocycles. The summed E-state index contributed by atoms with van der Waals surface area (Å²) in [4.78, 5) is 31.6. The maximum absolute atomic E-state index is 12.8. The number of benzene rings is 1. The van der Waals surface area contributed by atoms with Gasteiger partial charge in [0.15, 0.2) is 0 Å². The summed E-state index contributed by atoms with van der Waals surface area (Å²) in [6.07, 6.45) is 2.59. The van der Waals surface area contributed by atoms with Crippen molar-refractivity contribution < 1.29 is 9.59 Å². The Morgan fingerprint density at radius 3 is 2.28 bits per heavy atom. The molecule has 0 bridgehead atoms. The van der Waals surface area contributed by atoms with E-state index >= 15 is 0 Å². The van der Waals surface area contributed by atoms with Gasteiger partial charge in [0.05, 0.1) is 0 Å². The molecule has 2 fully saturated rings. The quantitative estimate of drug-likeness (QED) is 0.755. The van der Waals surface area contributed by atoms with E-state index in [1.54, 1.807) is 0 Å². The summed E-state index contributed by atoms with van der Waals surface area (Å²) in [6.45, 7) is 5.03. The first-order valence-corrected chi connectivity index (χ1v) is 9.86. The first-order valence-electron chi connectivity index (χ1n) is 9.07. The highest BCUT2D eigenvalue weighted by Gasteiger charge is 2.31. The van der Waals surface area contributed by atoms with Crippen molar-refractivity contribution in [2.75, 3.05) is 46.3 Å². The van der Waals surface area contributed by atoms with E-state index in [0.717, 1.165) is 49.9 Å². The Morgan fingerprint density at radius 2 is 1.60 bits per heavy atom. The predicted molar refractivity (Wildman–Crippen MR) is 101 cm³/mol. The van der Waals surface area contributed by atoms with E-state index in [1.807, 2.05) is 34.1 Å². The molecule has 1 aromatic rings. The minimum absolute atomic E-state index is 0.0646. The van der Waals surface area contributed by atoms with Gasteiger partial charge >= 0.3 is 0 Å². The number of likely N-dealkylation sites (tertiary alicyclic amines) is 1. The highest BCUT2D eigenvalue weighted by atomic mass is 79.9. The van der Waals surface area contributed by atoms with Crippen LogP contribution in [0.1, 0.15) is 29.6 Å². The zero-order valence-corrected chi connectivity index (χ0v) is 16.4. The van der Waals surface area contributed by atoms with Gasteiger partial charge in [0, 0.05) is 48.7 Å². The van der Waals surface area contributed by atoms with Gasteiger partial charge in [0.1, 0.15) is 0 Å². The Hall–Kier alpha value is -1.40. The SMILES string of the molecule is CN1CCCN(C(=O)C2CCN(C(=O)c3ccc(Br)cc3)CC2)CC1. The van der Waals surface area contributed by atoms with Gasteiger partial charge in [0.25, 0.3) is 5.91 Å². The molecule has 2 aliphatic rings. The Morgan fingerprint density at radius 1 is 0.920 bits per heavy atom. The molecule has 0 N–H and O–H groups in total. The van der Waals surface area contributed by atoms with E-state index in [9.17, 15) is 9.59 Å². The van der Waals surface area contributed by atoms with Crippen molar-refractivity contribution in [1.82, 2.24) is 14.7 Å². The van der Waals surface area contributed by atoms with Crippen LogP contribution < -0.4 is 0 Å². The summed E-state index contributed by atoms with van der Waals surface area (Å²) in [6, 6.07) is 7.47. The number of carbonyl (C=O) groups is 2. The molecule has 2 amide bonds. The summed E-state index contributed by atoms with van der Waals surface area (Å²) in [7, 11) is 2.11. The molecule has 0 aliphatic carbocycles. The highest BCUT2D eigenvalue weighted by molar-refractivity contribution is 9.10. The van der Waals surface area contributed by atoms with Crippen LogP contribution in [0.3, 0.4) is 0 Å². The second-order valence-corrected chi connectivity index (χ2v) is 7.97. The van der Waals surface area contributed by atoms with Crippen LogP contribution in [0.15, 0.2) is 28.7 Å². The van der Waals surface area contributed by atoms with Gasteiger partial charge in [-0.3, -0.25) is 9.59 Å². The molecule has 0 atom stereocenters. The van der Waals surface area contributed by atoms with Crippen LogP contribution in [0, 0.1) is 5.92 Å². The van der Waals surface area contributed by atoms with E-state index in [-0.39, 0.29) is 17.7 Å². The maximum Gasteiger partial charge on any atom is 0.253 e. The van der Waals surface area contributed by atoms with Gasteiger partial charge in [-0.05, 0) is 57.1 Å². The first-order chi connectivity index (χ1) is 12.0. The molecule has 2 aliphatic heterocycles. The van der Waals surface area contributed by atoms with Crippen molar-refractivity contribution in [3.05, 3.63) is 34.3 Å². The lowest BCUT2D eigenvalue weighted by Crippen LogP contribution is -2.45. The zero-order chi connectivity index (χ0) is 17.8. The third-order valence-corrected chi connectivity index (χ3v) is 5.78. The Bertz CT molecular complexity index is 612. The predicted octanol–water partition coefficient (Wildman–Crippen LogP) is 2.47. The van der Waals surface area contributed by atoms with Gasteiger partial charge in [-0.25, -0.2) is 0 Å². The van der Waals surface area contributed by atoms with Gasteiger partial charge in [0.2, 0.25) is 5.91 Å². The molecule has 25 heavy (non-hydrogen) atoms. The lowest BCUT2D eigenvalue weighted by Gasteiger charge is -2.34. The molecule has 1 aromatic carbocycles. The standard InChI is InChI=1S/C19H26BrN3O2/c1-21-9-2-10-22(14-13-21)19(25)16-7-11-23(12-8-16)18(24)15-3-5-17(20)6-4-15/h3-6,16H,2,7-14H2,1H3. The number of piperidine rings is 1. The molecule has 0 spiro atoms. The number of halogens is 1. The number of hydrogen-bond donors (Lipinski definition) is 0. The van der Waals surface area contributed by atoms with E-state index in [4.69, 9.17) is 0 Å². The third kappa shape index (κ3) is 4.61. The Labute approximate surface area is 158 Å². The summed E-state index contributed by atoms with van der Waals surface area (Å²) in [5.41, 5.74) is 0.712. The molecular formula is C19H26BrN3O2. The first kappa shape index (κ1) is 18.4. The zero-order valence-electron chi connectivity index (χ0n) is 14.8. The summed E-state index contributed by atoms with van der Waals surface area (Å²) in [5, 5.41) is 0.